The summed E-state index contributed by atoms with van der Waals surface area (Å²) < 4.78 is 36.7. The molecule has 18 heavy (non-hydrogen) atoms. The van der Waals surface area contributed by atoms with Gasteiger partial charge in [0, 0.05) is 38.3 Å². The molecule has 2 fully saturated rings. The van der Waals surface area contributed by atoms with Crippen molar-refractivity contribution < 1.29 is 18.0 Å². The maximum atomic E-state index is 12.2. The van der Waals surface area contributed by atoms with Gasteiger partial charge in [-0.1, -0.05) is 0 Å². The van der Waals surface area contributed by atoms with Crippen LogP contribution in [0.4, 0.5) is 13.2 Å². The second-order valence-corrected chi connectivity index (χ2v) is 4.86. The van der Waals surface area contributed by atoms with Crippen LogP contribution in [0.1, 0.15) is 19.3 Å². The molecule has 1 saturated heterocycles. The number of hydrogen-bond donors (Lipinski definition) is 2. The summed E-state index contributed by atoms with van der Waals surface area (Å²) in [5.41, 5.74) is 0. The minimum atomic E-state index is -4.78. The van der Waals surface area contributed by atoms with Crippen molar-refractivity contribution in [1.82, 2.24) is 15.5 Å². The van der Waals surface area contributed by atoms with Gasteiger partial charge in [-0.25, -0.2) is 0 Å². The summed E-state index contributed by atoms with van der Waals surface area (Å²) in [6, 6.07) is -0.310. The van der Waals surface area contributed by atoms with Crippen molar-refractivity contribution in [3.63, 3.8) is 0 Å². The van der Waals surface area contributed by atoms with Crippen LogP contribution in [0.25, 0.3) is 0 Å². The van der Waals surface area contributed by atoms with Crippen LogP contribution in [0.5, 0.6) is 0 Å². The van der Waals surface area contributed by atoms with E-state index >= 15 is 0 Å². The average molecular weight is 265 g/mol. The summed E-state index contributed by atoms with van der Waals surface area (Å²) in [5, 5.41) is 5.35. The van der Waals surface area contributed by atoms with Gasteiger partial charge in [-0.05, 0) is 19.3 Å². The number of hydrogen-bond acceptors (Lipinski definition) is 3. The van der Waals surface area contributed by atoms with Gasteiger partial charge in [-0.2, -0.15) is 13.2 Å². The molecule has 2 aliphatic rings. The highest BCUT2D eigenvalue weighted by Crippen LogP contribution is 2.26. The van der Waals surface area contributed by atoms with Gasteiger partial charge in [0.15, 0.2) is 0 Å². The van der Waals surface area contributed by atoms with E-state index in [2.05, 4.69) is 15.5 Å². The zero-order valence-electron chi connectivity index (χ0n) is 10.1. The molecule has 0 unspecified atom stereocenters. The Kier molecular flexibility index (Phi) is 4.11. The molecule has 0 aromatic carbocycles. The summed E-state index contributed by atoms with van der Waals surface area (Å²) in [6.07, 6.45) is -2.41. The number of nitrogens with one attached hydrogen (secondary N) is 2. The fourth-order valence-corrected chi connectivity index (χ4v) is 2.81. The Morgan fingerprint density at radius 1 is 1.22 bits per heavy atom. The number of piperazine rings is 1. The summed E-state index contributed by atoms with van der Waals surface area (Å²) in [6.45, 7) is 3.39. The van der Waals surface area contributed by atoms with Crippen LogP contribution in [0.2, 0.25) is 0 Å². The molecule has 1 amide bonds. The Hall–Kier alpha value is -0.820. The van der Waals surface area contributed by atoms with Crippen molar-refractivity contribution in [2.24, 2.45) is 0 Å². The Morgan fingerprint density at radius 2 is 1.89 bits per heavy atom. The molecule has 0 radical (unpaired) electrons. The second kappa shape index (κ2) is 5.44. The van der Waals surface area contributed by atoms with Crippen molar-refractivity contribution in [3.8, 4) is 0 Å². The van der Waals surface area contributed by atoms with E-state index in [1.807, 2.05) is 0 Å². The number of nitrogens with zero attached hydrogens (tertiary/aromatic N) is 1. The van der Waals surface area contributed by atoms with Crippen LogP contribution in [0, 0.1) is 0 Å². The van der Waals surface area contributed by atoms with Crippen LogP contribution in [0.3, 0.4) is 0 Å². The SMILES string of the molecule is O=C(N[C@H]1CCC[C@H]1N1CCNCC1)C(F)(F)F. The molecule has 2 rings (SSSR count). The van der Waals surface area contributed by atoms with Crippen molar-refractivity contribution >= 4 is 5.91 Å². The zero-order chi connectivity index (χ0) is 13.2. The minimum absolute atomic E-state index is 0.0541. The lowest BCUT2D eigenvalue weighted by Gasteiger charge is -2.36. The predicted octanol–water partition coefficient (Wildman–Crippen LogP) is 0.491. The first-order valence-electron chi connectivity index (χ1n) is 6.31. The molecule has 0 aromatic heterocycles. The molecule has 1 aliphatic heterocycles. The summed E-state index contributed by atoms with van der Waals surface area (Å²) >= 11 is 0. The monoisotopic (exact) mass is 265 g/mol. The van der Waals surface area contributed by atoms with Crippen molar-refractivity contribution in [2.45, 2.75) is 37.5 Å². The normalized spacial score (nSPS) is 30.4. The molecule has 1 heterocycles. The maximum absolute atomic E-state index is 12.2. The van der Waals surface area contributed by atoms with Gasteiger partial charge in [0.1, 0.15) is 0 Å². The third-order valence-electron chi connectivity index (χ3n) is 3.67. The summed E-state index contributed by atoms with van der Waals surface area (Å²) in [4.78, 5) is 13.2. The van der Waals surface area contributed by atoms with Gasteiger partial charge < -0.3 is 10.6 Å². The fraction of sp³-hybridized carbons (Fsp3) is 0.909. The van der Waals surface area contributed by atoms with Crippen LogP contribution in [-0.4, -0.2) is 55.2 Å². The van der Waals surface area contributed by atoms with E-state index in [1.165, 1.54) is 0 Å². The van der Waals surface area contributed by atoms with Gasteiger partial charge in [0.25, 0.3) is 0 Å². The molecule has 0 spiro atoms. The molecule has 2 N–H and O–H groups in total. The van der Waals surface area contributed by atoms with Crippen LogP contribution in [0.15, 0.2) is 0 Å². The van der Waals surface area contributed by atoms with E-state index in [9.17, 15) is 18.0 Å². The lowest BCUT2D eigenvalue weighted by Crippen LogP contribution is -2.55. The fourth-order valence-electron chi connectivity index (χ4n) is 2.81. The molecule has 2 atom stereocenters. The van der Waals surface area contributed by atoms with Crippen LogP contribution >= 0.6 is 0 Å². The van der Waals surface area contributed by atoms with Gasteiger partial charge in [-0.3, -0.25) is 9.69 Å². The molecule has 4 nitrogen and oxygen atoms in total. The average Bonchev–Trinajstić information content (AvgIpc) is 2.77. The molecule has 7 heteroatoms. The molecule has 1 saturated carbocycles. The number of rotatable bonds is 2. The van der Waals surface area contributed by atoms with E-state index < -0.39 is 12.1 Å². The van der Waals surface area contributed by atoms with E-state index in [0.29, 0.717) is 6.42 Å². The number of carbonyl (C=O) groups excluding carboxylic acids is 1. The Morgan fingerprint density at radius 3 is 2.50 bits per heavy atom. The Bertz CT molecular complexity index is 302. The zero-order valence-corrected chi connectivity index (χ0v) is 10.1. The minimum Gasteiger partial charge on any atom is -0.344 e. The maximum Gasteiger partial charge on any atom is 0.471 e. The molecular weight excluding hydrogens is 247 g/mol. The third-order valence-corrected chi connectivity index (χ3v) is 3.67. The van der Waals surface area contributed by atoms with Crippen molar-refractivity contribution in [3.05, 3.63) is 0 Å². The van der Waals surface area contributed by atoms with Gasteiger partial charge >= 0.3 is 12.1 Å². The Labute approximate surface area is 104 Å². The van der Waals surface area contributed by atoms with E-state index in [-0.39, 0.29) is 12.1 Å². The van der Waals surface area contributed by atoms with Crippen LogP contribution in [-0.2, 0) is 4.79 Å². The largest absolute Gasteiger partial charge is 0.471 e. The topological polar surface area (TPSA) is 44.4 Å². The molecule has 0 bridgehead atoms. The van der Waals surface area contributed by atoms with Gasteiger partial charge in [0.2, 0.25) is 0 Å². The third kappa shape index (κ3) is 3.14. The second-order valence-electron chi connectivity index (χ2n) is 4.86. The van der Waals surface area contributed by atoms with E-state index in [1.54, 1.807) is 0 Å². The first-order chi connectivity index (χ1) is 8.48. The lowest BCUT2D eigenvalue weighted by molar-refractivity contribution is -0.174. The number of carbonyl (C=O) groups is 1. The number of alkyl halides is 3. The first-order valence-corrected chi connectivity index (χ1v) is 6.31. The van der Waals surface area contributed by atoms with Crippen LogP contribution < -0.4 is 10.6 Å². The smallest absolute Gasteiger partial charge is 0.344 e. The molecule has 104 valence electrons. The first kappa shape index (κ1) is 13.6. The molecule has 0 aromatic rings. The van der Waals surface area contributed by atoms with Crippen molar-refractivity contribution in [1.29, 1.82) is 0 Å². The van der Waals surface area contributed by atoms with Crippen molar-refractivity contribution in [2.75, 3.05) is 26.2 Å². The summed E-state index contributed by atoms with van der Waals surface area (Å²) in [5.74, 6) is -1.81. The molecule has 1 aliphatic carbocycles. The van der Waals surface area contributed by atoms with Gasteiger partial charge in [-0.15, -0.1) is 0 Å². The standard InChI is InChI=1S/C11H18F3N3O/c12-11(13,14)10(18)16-8-2-1-3-9(8)17-6-4-15-5-7-17/h8-9,15H,1-7H2,(H,16,18)/t8-,9+/m0/s1. The van der Waals surface area contributed by atoms with Gasteiger partial charge in [0.05, 0.1) is 0 Å². The highest BCUT2D eigenvalue weighted by molar-refractivity contribution is 5.82. The number of amides is 1. The predicted molar refractivity (Wildman–Crippen MR) is 60.1 cm³/mol. The van der Waals surface area contributed by atoms with E-state index in [4.69, 9.17) is 0 Å². The quantitative estimate of drug-likeness (QED) is 0.764. The summed E-state index contributed by atoms with van der Waals surface area (Å²) in [7, 11) is 0. The lowest BCUT2D eigenvalue weighted by atomic mass is 10.1. The highest BCUT2D eigenvalue weighted by Gasteiger charge is 2.42. The molecular formula is C11H18F3N3O. The Balaban J connectivity index is 1.93. The van der Waals surface area contributed by atoms with E-state index in [0.717, 1.165) is 39.0 Å². The number of halogens is 3. The highest BCUT2D eigenvalue weighted by atomic mass is 19.4.